The maximum atomic E-state index is 12.9. The first-order valence-corrected chi connectivity index (χ1v) is 13.4. The lowest BCUT2D eigenvalue weighted by atomic mass is 9.91. The average molecular weight is 563 g/mol. The highest BCUT2D eigenvalue weighted by Gasteiger charge is 2.38. The van der Waals surface area contributed by atoms with Gasteiger partial charge in [-0.1, -0.05) is 70.5 Å². The molecule has 0 aliphatic carbocycles. The number of aromatic nitrogens is 2. The van der Waals surface area contributed by atoms with Crippen molar-refractivity contribution in [2.75, 3.05) is 6.54 Å². The molecule has 5 rings (SSSR count). The Morgan fingerprint density at radius 1 is 1.03 bits per heavy atom. The molecule has 1 amide bonds. The molecule has 0 saturated carbocycles. The van der Waals surface area contributed by atoms with E-state index in [9.17, 15) is 14.7 Å². The number of nitrogens with zero attached hydrogens (tertiary/aromatic N) is 3. The summed E-state index contributed by atoms with van der Waals surface area (Å²) in [6.45, 7) is 3.88. The Bertz CT molecular complexity index is 1420. The van der Waals surface area contributed by atoms with Crippen molar-refractivity contribution in [2.24, 2.45) is 0 Å². The molecule has 8 heteroatoms. The fourth-order valence-electron chi connectivity index (χ4n) is 5.57. The van der Waals surface area contributed by atoms with Gasteiger partial charge >= 0.3 is 11.8 Å². The predicted octanol–water partition coefficient (Wildman–Crippen LogP) is 5.87. The summed E-state index contributed by atoms with van der Waals surface area (Å²) in [5.74, 6) is 0. The predicted molar refractivity (Wildman–Crippen MR) is 149 cm³/mol. The summed E-state index contributed by atoms with van der Waals surface area (Å²) in [5, 5.41) is 10.1. The summed E-state index contributed by atoms with van der Waals surface area (Å²) < 4.78 is 2.85. The van der Waals surface area contributed by atoms with Crippen molar-refractivity contribution in [3.8, 4) is 0 Å². The number of H-pyrrole nitrogens is 1. The Hall–Kier alpha value is -3.36. The molecular formula is C29H31BrN4O3. The fraction of sp³-hybridized carbons (Fsp3) is 0.310. The van der Waals surface area contributed by atoms with Gasteiger partial charge in [0.2, 0.25) is 0 Å². The van der Waals surface area contributed by atoms with Gasteiger partial charge in [-0.05, 0) is 55.2 Å². The van der Waals surface area contributed by atoms with Gasteiger partial charge in [0.15, 0.2) is 0 Å². The molecule has 7 nitrogen and oxygen atoms in total. The molecule has 4 aromatic rings. The number of carbonyl (C=O) groups is 1. The molecular weight excluding hydrogens is 532 g/mol. The van der Waals surface area contributed by atoms with Crippen LogP contribution in [0.25, 0.3) is 11.0 Å². The molecule has 2 heterocycles. The van der Waals surface area contributed by atoms with Crippen LogP contribution in [0.5, 0.6) is 0 Å². The minimum absolute atomic E-state index is 0.0799. The fourth-order valence-corrected chi connectivity index (χ4v) is 5.84. The average Bonchev–Trinajstić information content (AvgIpc) is 3.25. The smallest absolute Gasteiger partial charge is 0.407 e. The quantitative estimate of drug-likeness (QED) is 0.295. The lowest BCUT2D eigenvalue weighted by molar-refractivity contribution is 0.0374. The van der Waals surface area contributed by atoms with Gasteiger partial charge in [0.05, 0.1) is 17.1 Å². The zero-order chi connectivity index (χ0) is 25.9. The van der Waals surface area contributed by atoms with Gasteiger partial charge in [0.25, 0.3) is 0 Å². The molecule has 0 radical (unpaired) electrons. The van der Waals surface area contributed by atoms with E-state index in [0.29, 0.717) is 32.5 Å². The number of aromatic amines is 1. The van der Waals surface area contributed by atoms with Crippen LogP contribution in [0.15, 0.2) is 88.1 Å². The molecule has 37 heavy (non-hydrogen) atoms. The maximum absolute atomic E-state index is 12.9. The minimum Gasteiger partial charge on any atom is -0.465 e. The second kappa shape index (κ2) is 10.9. The largest absolute Gasteiger partial charge is 0.465 e. The Labute approximate surface area is 224 Å². The first kappa shape index (κ1) is 25.3. The molecule has 1 aliphatic heterocycles. The van der Waals surface area contributed by atoms with E-state index in [1.54, 1.807) is 4.90 Å². The van der Waals surface area contributed by atoms with Crippen LogP contribution < -0.4 is 5.69 Å². The van der Waals surface area contributed by atoms with Gasteiger partial charge in [0.1, 0.15) is 0 Å². The summed E-state index contributed by atoms with van der Waals surface area (Å²) >= 11 is 3.51. The number of rotatable bonds is 7. The van der Waals surface area contributed by atoms with Gasteiger partial charge in [-0.15, -0.1) is 0 Å². The Balaban J connectivity index is 1.47. The van der Waals surface area contributed by atoms with Gasteiger partial charge in [0, 0.05) is 36.2 Å². The van der Waals surface area contributed by atoms with E-state index in [-0.39, 0.29) is 23.8 Å². The highest BCUT2D eigenvalue weighted by atomic mass is 79.9. The van der Waals surface area contributed by atoms with Crippen molar-refractivity contribution < 1.29 is 9.90 Å². The molecule has 3 unspecified atom stereocenters. The Morgan fingerprint density at radius 3 is 2.38 bits per heavy atom. The number of amides is 1. The van der Waals surface area contributed by atoms with Crippen LogP contribution in [-0.2, 0) is 13.1 Å². The molecule has 192 valence electrons. The number of imidazole rings is 1. The standard InChI is InChI=1S/C29H31BrN4O3/c1-20(32(18-21-7-3-2-4-8-21)19-22-11-13-23(30)14-12-22)27-17-24(15-16-33(27)29(36)37)34-26-10-6-5-9-25(26)31-28(34)35/h2-14,20,24,27H,15-19H2,1H3,(H,31,35)(H,36,37). The lowest BCUT2D eigenvalue weighted by Gasteiger charge is -2.44. The third-order valence-electron chi connectivity index (χ3n) is 7.51. The van der Waals surface area contributed by atoms with Crippen molar-refractivity contribution in [1.82, 2.24) is 19.4 Å². The normalized spacial score (nSPS) is 18.8. The highest BCUT2D eigenvalue weighted by molar-refractivity contribution is 9.10. The van der Waals surface area contributed by atoms with Crippen LogP contribution in [0.3, 0.4) is 0 Å². The van der Waals surface area contributed by atoms with E-state index in [4.69, 9.17) is 0 Å². The lowest BCUT2D eigenvalue weighted by Crippen LogP contribution is -2.55. The monoisotopic (exact) mass is 562 g/mol. The molecule has 1 fully saturated rings. The maximum Gasteiger partial charge on any atom is 0.407 e. The van der Waals surface area contributed by atoms with Crippen LogP contribution in [0.4, 0.5) is 4.79 Å². The number of halogens is 1. The molecule has 3 atom stereocenters. The van der Waals surface area contributed by atoms with Crippen molar-refractivity contribution in [3.63, 3.8) is 0 Å². The molecule has 0 spiro atoms. The van der Waals surface area contributed by atoms with Crippen LogP contribution in [0, 0.1) is 0 Å². The molecule has 1 aliphatic rings. The molecule has 2 N–H and O–H groups in total. The summed E-state index contributed by atoms with van der Waals surface area (Å²) in [6, 6.07) is 25.8. The van der Waals surface area contributed by atoms with Crippen molar-refractivity contribution in [2.45, 2.75) is 51.0 Å². The van der Waals surface area contributed by atoms with Crippen molar-refractivity contribution in [1.29, 1.82) is 0 Å². The summed E-state index contributed by atoms with van der Waals surface area (Å²) in [4.78, 5) is 32.2. The Kier molecular flexibility index (Phi) is 7.48. The minimum atomic E-state index is -0.912. The second-order valence-electron chi connectivity index (χ2n) is 9.80. The number of likely N-dealkylation sites (tertiary alicyclic amines) is 1. The van der Waals surface area contributed by atoms with E-state index in [1.165, 1.54) is 5.56 Å². The van der Waals surface area contributed by atoms with Gasteiger partial charge in [-0.25, -0.2) is 9.59 Å². The number of carboxylic acid groups (broad SMARTS) is 1. The number of hydrogen-bond donors (Lipinski definition) is 2. The van der Waals surface area contributed by atoms with Gasteiger partial charge in [-0.2, -0.15) is 0 Å². The van der Waals surface area contributed by atoms with Gasteiger partial charge < -0.3 is 15.0 Å². The molecule has 1 aromatic heterocycles. The third-order valence-corrected chi connectivity index (χ3v) is 8.04. The molecule has 0 bridgehead atoms. The van der Waals surface area contributed by atoms with Crippen molar-refractivity contribution >= 4 is 33.1 Å². The molecule has 1 saturated heterocycles. The highest BCUT2D eigenvalue weighted by Crippen LogP contribution is 2.32. The zero-order valence-electron chi connectivity index (χ0n) is 20.8. The summed E-state index contributed by atoms with van der Waals surface area (Å²) in [6.07, 6.45) is 0.258. The van der Waals surface area contributed by atoms with Crippen LogP contribution in [0.2, 0.25) is 0 Å². The SMILES string of the molecule is CC(C1CC(n2c(=O)[nH]c3ccccc32)CCN1C(=O)O)N(Cc1ccccc1)Cc1ccc(Br)cc1. The first-order chi connectivity index (χ1) is 17.9. The number of benzene rings is 3. The second-order valence-corrected chi connectivity index (χ2v) is 10.7. The summed E-state index contributed by atoms with van der Waals surface area (Å²) in [7, 11) is 0. The zero-order valence-corrected chi connectivity index (χ0v) is 22.3. The molecule has 3 aromatic carbocycles. The number of nitrogens with one attached hydrogen (secondary N) is 1. The van der Waals surface area contributed by atoms with E-state index in [2.05, 4.69) is 57.0 Å². The Morgan fingerprint density at radius 2 is 1.68 bits per heavy atom. The first-order valence-electron chi connectivity index (χ1n) is 12.6. The van der Waals surface area contributed by atoms with E-state index in [1.807, 2.05) is 59.2 Å². The van der Waals surface area contributed by atoms with E-state index >= 15 is 0 Å². The third kappa shape index (κ3) is 5.50. The number of para-hydroxylation sites is 2. The number of hydrogen-bond acceptors (Lipinski definition) is 3. The number of fused-ring (bicyclic) bond motifs is 1. The van der Waals surface area contributed by atoms with Crippen LogP contribution >= 0.6 is 15.9 Å². The van der Waals surface area contributed by atoms with Crippen LogP contribution in [0.1, 0.15) is 36.9 Å². The van der Waals surface area contributed by atoms with Gasteiger partial charge in [-0.3, -0.25) is 9.47 Å². The summed E-state index contributed by atoms with van der Waals surface area (Å²) in [5.41, 5.74) is 3.86. The van der Waals surface area contributed by atoms with E-state index in [0.717, 1.165) is 21.1 Å². The topological polar surface area (TPSA) is 81.6 Å². The number of piperidine rings is 1. The van der Waals surface area contributed by atoms with E-state index < -0.39 is 6.09 Å². The van der Waals surface area contributed by atoms with Crippen molar-refractivity contribution in [3.05, 3.63) is 105 Å². The van der Waals surface area contributed by atoms with Crippen LogP contribution in [-0.4, -0.2) is 49.2 Å².